The molecule has 0 radical (unpaired) electrons. The van der Waals surface area contributed by atoms with Crippen LogP contribution in [0.4, 0.5) is 0 Å². The number of hydrogen-bond acceptors (Lipinski definition) is 2. The zero-order valence-corrected chi connectivity index (χ0v) is 11.5. The van der Waals surface area contributed by atoms with E-state index < -0.39 is 0 Å². The predicted octanol–water partition coefficient (Wildman–Crippen LogP) is 3.06. The van der Waals surface area contributed by atoms with Crippen molar-refractivity contribution in [3.8, 4) is 0 Å². The van der Waals surface area contributed by atoms with Gasteiger partial charge in [-0.05, 0) is 37.3 Å². The van der Waals surface area contributed by atoms with Gasteiger partial charge in [0, 0.05) is 12.1 Å². The van der Waals surface area contributed by atoms with Crippen LogP contribution in [0.5, 0.6) is 0 Å². The highest BCUT2D eigenvalue weighted by atomic mass is 16.3. The molecule has 0 aliphatic carbocycles. The zero-order valence-electron chi connectivity index (χ0n) is 11.5. The molecule has 1 atom stereocenters. The van der Waals surface area contributed by atoms with Gasteiger partial charge in [-0.25, -0.2) is 0 Å². The fourth-order valence-electron chi connectivity index (χ4n) is 1.60. The summed E-state index contributed by atoms with van der Waals surface area (Å²) in [6.45, 7) is 9.42. The Morgan fingerprint density at radius 3 is 2.29 bits per heavy atom. The second-order valence-corrected chi connectivity index (χ2v) is 5.45. The summed E-state index contributed by atoms with van der Waals surface area (Å²) >= 11 is 0. The van der Waals surface area contributed by atoms with Crippen molar-refractivity contribution in [2.45, 2.75) is 52.1 Å². The molecule has 0 aliphatic rings. The van der Waals surface area contributed by atoms with Crippen LogP contribution in [-0.2, 0) is 6.54 Å². The molecule has 2 nitrogen and oxygen atoms in total. The summed E-state index contributed by atoms with van der Waals surface area (Å²) in [6.07, 6.45) is 1.18. The van der Waals surface area contributed by atoms with Gasteiger partial charge in [-0.3, -0.25) is 0 Å². The molecule has 1 aromatic rings. The lowest BCUT2D eigenvalue weighted by molar-refractivity contribution is 0.187. The summed E-state index contributed by atoms with van der Waals surface area (Å²) in [5.41, 5.74) is 2.45. The van der Waals surface area contributed by atoms with Crippen molar-refractivity contribution < 1.29 is 5.11 Å². The van der Waals surface area contributed by atoms with E-state index in [1.165, 1.54) is 17.5 Å². The van der Waals surface area contributed by atoms with Gasteiger partial charge < -0.3 is 10.4 Å². The van der Waals surface area contributed by atoms with Crippen molar-refractivity contribution in [3.63, 3.8) is 0 Å². The first-order valence-corrected chi connectivity index (χ1v) is 6.43. The summed E-state index contributed by atoms with van der Waals surface area (Å²) in [4.78, 5) is 0. The van der Waals surface area contributed by atoms with E-state index in [-0.39, 0.29) is 12.1 Å². The minimum atomic E-state index is -0.213. The fraction of sp³-hybridized carbons (Fsp3) is 0.600. The van der Waals surface area contributed by atoms with E-state index in [4.69, 9.17) is 5.11 Å². The van der Waals surface area contributed by atoms with Crippen LogP contribution in [0.1, 0.15) is 51.2 Å². The molecule has 1 aromatic carbocycles. The Bertz CT molecular complexity index is 329. The molecular formula is C15H25NO. The Kier molecular flexibility index (Phi) is 5.16. The van der Waals surface area contributed by atoms with Gasteiger partial charge in [0.1, 0.15) is 0 Å². The molecule has 2 heteroatoms. The monoisotopic (exact) mass is 235 g/mol. The maximum Gasteiger partial charge on any atom is 0.0607 e. The van der Waals surface area contributed by atoms with Crippen LogP contribution in [0.15, 0.2) is 24.3 Å². The highest BCUT2D eigenvalue weighted by Crippen LogP contribution is 2.18. The summed E-state index contributed by atoms with van der Waals surface area (Å²) < 4.78 is 0. The quantitative estimate of drug-likeness (QED) is 0.794. The Hall–Kier alpha value is -0.860. The summed E-state index contributed by atoms with van der Waals surface area (Å²) in [5, 5.41) is 12.5. The van der Waals surface area contributed by atoms with E-state index in [1.807, 2.05) is 13.8 Å². The first-order valence-electron chi connectivity index (χ1n) is 6.43. The first kappa shape index (κ1) is 14.2. The van der Waals surface area contributed by atoms with Gasteiger partial charge in [-0.2, -0.15) is 0 Å². The Labute approximate surface area is 105 Å². The topological polar surface area (TPSA) is 32.3 Å². The molecule has 0 bridgehead atoms. The van der Waals surface area contributed by atoms with Gasteiger partial charge in [-0.15, -0.1) is 0 Å². The average Bonchev–Trinajstić information content (AvgIpc) is 2.36. The molecule has 1 rings (SSSR count). The van der Waals surface area contributed by atoms with Crippen molar-refractivity contribution in [2.24, 2.45) is 0 Å². The molecule has 0 amide bonds. The zero-order chi connectivity index (χ0) is 12.9. The van der Waals surface area contributed by atoms with Crippen molar-refractivity contribution in [3.05, 3.63) is 35.4 Å². The lowest BCUT2D eigenvalue weighted by Gasteiger charge is -2.23. The Balaban J connectivity index is 2.57. The molecular weight excluding hydrogens is 210 g/mol. The van der Waals surface area contributed by atoms with Crippen molar-refractivity contribution in [1.29, 1.82) is 0 Å². The minimum absolute atomic E-state index is 0.151. The van der Waals surface area contributed by atoms with Crippen LogP contribution < -0.4 is 5.32 Å². The molecule has 0 saturated heterocycles. The van der Waals surface area contributed by atoms with Crippen LogP contribution >= 0.6 is 0 Å². The molecule has 0 heterocycles. The van der Waals surface area contributed by atoms with Crippen LogP contribution in [0.3, 0.4) is 0 Å². The number of hydrogen-bond donors (Lipinski definition) is 2. The number of aliphatic hydroxyl groups excluding tert-OH is 1. The summed E-state index contributed by atoms with van der Waals surface area (Å²) in [6, 6.07) is 8.75. The predicted molar refractivity (Wildman–Crippen MR) is 73.2 cm³/mol. The molecule has 1 unspecified atom stereocenters. The van der Waals surface area contributed by atoms with Crippen molar-refractivity contribution in [2.75, 3.05) is 6.61 Å². The van der Waals surface area contributed by atoms with Crippen LogP contribution in [0.2, 0.25) is 0 Å². The van der Waals surface area contributed by atoms with E-state index in [2.05, 4.69) is 43.4 Å². The molecule has 0 spiro atoms. The van der Waals surface area contributed by atoms with Gasteiger partial charge in [0.25, 0.3) is 0 Å². The Morgan fingerprint density at radius 2 is 1.82 bits per heavy atom. The largest absolute Gasteiger partial charge is 0.394 e. The lowest BCUT2D eigenvalue weighted by atomic mass is 9.97. The maximum absolute atomic E-state index is 9.16. The van der Waals surface area contributed by atoms with Crippen LogP contribution in [0, 0.1) is 0 Å². The second-order valence-electron chi connectivity index (χ2n) is 5.45. The summed E-state index contributed by atoms with van der Waals surface area (Å²) in [7, 11) is 0. The standard InChI is InChI=1S/C15H25NO/c1-5-12(2)14-8-6-13(7-9-14)10-16-15(3,4)11-17/h6-9,12,16-17H,5,10-11H2,1-4H3. The number of nitrogens with one attached hydrogen (secondary N) is 1. The van der Waals surface area contributed by atoms with Crippen molar-refractivity contribution >= 4 is 0 Å². The van der Waals surface area contributed by atoms with Crippen LogP contribution in [0.25, 0.3) is 0 Å². The molecule has 0 saturated carbocycles. The molecule has 17 heavy (non-hydrogen) atoms. The van der Waals surface area contributed by atoms with Gasteiger partial charge in [0.05, 0.1) is 6.61 Å². The second kappa shape index (κ2) is 6.18. The van der Waals surface area contributed by atoms with E-state index in [1.54, 1.807) is 0 Å². The van der Waals surface area contributed by atoms with Gasteiger partial charge in [0.2, 0.25) is 0 Å². The number of benzene rings is 1. The molecule has 2 N–H and O–H groups in total. The third-order valence-corrected chi connectivity index (χ3v) is 3.33. The SMILES string of the molecule is CCC(C)c1ccc(CNC(C)(C)CO)cc1. The van der Waals surface area contributed by atoms with E-state index in [9.17, 15) is 0 Å². The normalized spacial score (nSPS) is 13.7. The van der Waals surface area contributed by atoms with Gasteiger partial charge in [0.15, 0.2) is 0 Å². The maximum atomic E-state index is 9.16. The lowest BCUT2D eigenvalue weighted by Crippen LogP contribution is -2.42. The third-order valence-electron chi connectivity index (χ3n) is 3.33. The van der Waals surface area contributed by atoms with Crippen molar-refractivity contribution in [1.82, 2.24) is 5.32 Å². The minimum Gasteiger partial charge on any atom is -0.394 e. The summed E-state index contributed by atoms with van der Waals surface area (Å²) in [5.74, 6) is 0.630. The van der Waals surface area contributed by atoms with Gasteiger partial charge >= 0.3 is 0 Å². The third kappa shape index (κ3) is 4.49. The fourth-order valence-corrected chi connectivity index (χ4v) is 1.60. The van der Waals surface area contributed by atoms with Crippen LogP contribution in [-0.4, -0.2) is 17.3 Å². The molecule has 96 valence electrons. The molecule has 0 aromatic heterocycles. The smallest absolute Gasteiger partial charge is 0.0607 e. The molecule has 0 fully saturated rings. The first-order chi connectivity index (χ1) is 7.98. The van der Waals surface area contributed by atoms with E-state index in [0.29, 0.717) is 5.92 Å². The highest BCUT2D eigenvalue weighted by molar-refractivity contribution is 5.25. The highest BCUT2D eigenvalue weighted by Gasteiger charge is 2.14. The number of rotatable bonds is 6. The van der Waals surface area contributed by atoms with E-state index in [0.717, 1.165) is 6.54 Å². The van der Waals surface area contributed by atoms with E-state index >= 15 is 0 Å². The number of aliphatic hydroxyl groups is 1. The average molecular weight is 235 g/mol. The Morgan fingerprint density at radius 1 is 1.24 bits per heavy atom. The van der Waals surface area contributed by atoms with Gasteiger partial charge in [-0.1, -0.05) is 38.1 Å². The molecule has 0 aliphatic heterocycles.